The Morgan fingerprint density at radius 1 is 1.19 bits per heavy atom. The number of carbonyl (C=O) groups excluding carboxylic acids is 1. The maximum absolute atomic E-state index is 12.7. The van der Waals surface area contributed by atoms with E-state index >= 15 is 0 Å². The Morgan fingerprint density at radius 2 is 1.92 bits per heavy atom. The lowest BCUT2D eigenvalue weighted by Gasteiger charge is -2.16. The number of nitrogens with one attached hydrogen (secondary N) is 3. The second-order valence-corrected chi connectivity index (χ2v) is 8.77. The maximum atomic E-state index is 12.7. The molecule has 1 aliphatic heterocycles. The van der Waals surface area contributed by atoms with Gasteiger partial charge in [0.05, 0.1) is 4.90 Å². The average molecular weight is 402 g/mol. The van der Waals surface area contributed by atoms with Gasteiger partial charge in [-0.25, -0.2) is 13.1 Å². The van der Waals surface area contributed by atoms with Gasteiger partial charge >= 0.3 is 0 Å². The normalized spacial score (nSPS) is 20.7. The number of hydrogen-bond acceptors (Lipinski definition) is 4. The van der Waals surface area contributed by atoms with E-state index in [1.165, 1.54) is 6.07 Å². The van der Waals surface area contributed by atoms with Crippen LogP contribution >= 0.6 is 12.4 Å². The van der Waals surface area contributed by atoms with Crippen molar-refractivity contribution in [3.63, 3.8) is 0 Å². The van der Waals surface area contributed by atoms with E-state index in [4.69, 9.17) is 0 Å². The van der Waals surface area contributed by atoms with Gasteiger partial charge in [0.15, 0.2) is 0 Å². The van der Waals surface area contributed by atoms with Crippen LogP contribution in [0.2, 0.25) is 0 Å². The van der Waals surface area contributed by atoms with E-state index in [1.807, 2.05) is 0 Å². The number of sulfonamides is 1. The van der Waals surface area contributed by atoms with Crippen LogP contribution in [0.3, 0.4) is 0 Å². The van der Waals surface area contributed by atoms with E-state index in [9.17, 15) is 13.2 Å². The number of benzene rings is 1. The summed E-state index contributed by atoms with van der Waals surface area (Å²) in [6, 6.07) is 5.19. The topological polar surface area (TPSA) is 87.3 Å². The second kappa shape index (κ2) is 9.17. The third kappa shape index (κ3) is 5.19. The molecule has 6 nitrogen and oxygen atoms in total. The van der Waals surface area contributed by atoms with E-state index in [2.05, 4.69) is 15.4 Å². The predicted molar refractivity (Wildman–Crippen MR) is 104 cm³/mol. The molecule has 2 aliphatic rings. The Hall–Kier alpha value is -1.15. The number of carbonyl (C=O) groups is 1. The van der Waals surface area contributed by atoms with Crippen molar-refractivity contribution in [3.8, 4) is 0 Å². The van der Waals surface area contributed by atoms with Gasteiger partial charge in [0.25, 0.3) is 5.91 Å². The molecule has 1 unspecified atom stereocenters. The number of aryl methyl sites for hydroxylation is 1. The molecule has 0 spiro atoms. The zero-order valence-corrected chi connectivity index (χ0v) is 16.7. The number of amides is 1. The van der Waals surface area contributed by atoms with E-state index < -0.39 is 10.0 Å². The Bertz CT molecular complexity index is 727. The fourth-order valence-corrected chi connectivity index (χ4v) is 5.18. The highest BCUT2D eigenvalue weighted by Gasteiger charge is 2.25. The molecule has 1 aliphatic carbocycles. The molecule has 1 atom stereocenters. The Kier molecular flexibility index (Phi) is 7.46. The first kappa shape index (κ1) is 21.2. The lowest BCUT2D eigenvalue weighted by Crippen LogP contribution is -2.37. The summed E-state index contributed by atoms with van der Waals surface area (Å²) in [5.74, 6) is -0.231. The molecule has 3 N–H and O–H groups in total. The molecule has 1 aromatic carbocycles. The van der Waals surface area contributed by atoms with Crippen LogP contribution in [-0.4, -0.2) is 39.5 Å². The largest absolute Gasteiger partial charge is 0.350 e. The molecule has 3 rings (SSSR count). The first-order chi connectivity index (χ1) is 12.0. The van der Waals surface area contributed by atoms with E-state index in [0.717, 1.165) is 45.1 Å². The van der Waals surface area contributed by atoms with Crippen LogP contribution in [0.15, 0.2) is 23.1 Å². The molecular weight excluding hydrogens is 374 g/mol. The van der Waals surface area contributed by atoms with Crippen LogP contribution in [0.25, 0.3) is 0 Å². The van der Waals surface area contributed by atoms with E-state index in [0.29, 0.717) is 23.7 Å². The standard InChI is InChI=1S/C18H27N3O3S.ClH/c1-13-8-9-14(18(22)20-12-16-7-4-10-19-16)11-17(13)25(23,24)21-15-5-2-3-6-15;/h8-9,11,15-16,19,21H,2-7,10,12H2,1H3,(H,20,22);1H. The van der Waals surface area contributed by atoms with Gasteiger partial charge in [0.1, 0.15) is 0 Å². The molecule has 0 bridgehead atoms. The third-order valence-corrected chi connectivity index (χ3v) is 6.75. The van der Waals surface area contributed by atoms with Gasteiger partial charge < -0.3 is 10.6 Å². The van der Waals surface area contributed by atoms with Crippen molar-refractivity contribution in [3.05, 3.63) is 29.3 Å². The molecule has 2 fully saturated rings. The molecule has 1 aromatic rings. The predicted octanol–water partition coefficient (Wildman–Crippen LogP) is 2.12. The van der Waals surface area contributed by atoms with Crippen LogP contribution < -0.4 is 15.4 Å². The molecule has 1 heterocycles. The third-order valence-electron chi connectivity index (χ3n) is 5.09. The summed E-state index contributed by atoms with van der Waals surface area (Å²) >= 11 is 0. The van der Waals surface area contributed by atoms with Crippen molar-refractivity contribution in [2.45, 2.75) is 62.4 Å². The van der Waals surface area contributed by atoms with Gasteiger partial charge in [-0.15, -0.1) is 12.4 Å². The molecule has 1 amide bonds. The van der Waals surface area contributed by atoms with E-state index in [-0.39, 0.29) is 29.3 Å². The van der Waals surface area contributed by atoms with Crippen LogP contribution in [-0.2, 0) is 10.0 Å². The summed E-state index contributed by atoms with van der Waals surface area (Å²) in [7, 11) is -3.60. The van der Waals surface area contributed by atoms with Crippen LogP contribution in [0.1, 0.15) is 54.4 Å². The Morgan fingerprint density at radius 3 is 2.58 bits per heavy atom. The highest BCUT2D eigenvalue weighted by atomic mass is 35.5. The number of halogens is 1. The summed E-state index contributed by atoms with van der Waals surface area (Å²) in [6.45, 7) is 3.31. The maximum Gasteiger partial charge on any atom is 0.251 e. The molecule has 8 heteroatoms. The number of hydrogen-bond donors (Lipinski definition) is 3. The highest BCUT2D eigenvalue weighted by molar-refractivity contribution is 7.89. The molecular formula is C18H28ClN3O3S. The summed E-state index contributed by atoms with van der Waals surface area (Å²) in [4.78, 5) is 12.6. The highest BCUT2D eigenvalue weighted by Crippen LogP contribution is 2.22. The smallest absolute Gasteiger partial charge is 0.251 e. The average Bonchev–Trinajstić information content (AvgIpc) is 3.26. The summed E-state index contributed by atoms with van der Waals surface area (Å²) < 4.78 is 28.2. The molecule has 26 heavy (non-hydrogen) atoms. The first-order valence-electron chi connectivity index (χ1n) is 9.10. The van der Waals surface area contributed by atoms with Crippen molar-refractivity contribution < 1.29 is 13.2 Å². The Labute approximate surface area is 162 Å². The zero-order valence-electron chi connectivity index (χ0n) is 15.1. The Balaban J connectivity index is 0.00000243. The fraction of sp³-hybridized carbons (Fsp3) is 0.611. The summed E-state index contributed by atoms with van der Waals surface area (Å²) in [5.41, 5.74) is 1.04. The van der Waals surface area contributed by atoms with Gasteiger partial charge in [0, 0.05) is 24.2 Å². The molecule has 1 saturated heterocycles. The van der Waals surface area contributed by atoms with E-state index in [1.54, 1.807) is 19.1 Å². The van der Waals surface area contributed by atoms with Crippen molar-refractivity contribution >= 4 is 28.3 Å². The number of rotatable bonds is 6. The van der Waals surface area contributed by atoms with Gasteiger partial charge in [-0.1, -0.05) is 18.9 Å². The summed E-state index contributed by atoms with van der Waals surface area (Å²) in [5, 5.41) is 6.22. The summed E-state index contributed by atoms with van der Waals surface area (Å²) in [6.07, 6.45) is 6.06. The van der Waals surface area contributed by atoms with Gasteiger partial charge in [0.2, 0.25) is 10.0 Å². The minimum Gasteiger partial charge on any atom is -0.350 e. The van der Waals surface area contributed by atoms with Crippen molar-refractivity contribution in [2.24, 2.45) is 0 Å². The van der Waals surface area contributed by atoms with Crippen LogP contribution in [0.4, 0.5) is 0 Å². The SMILES string of the molecule is Cc1ccc(C(=O)NCC2CCCN2)cc1S(=O)(=O)NC1CCCC1.Cl. The van der Waals surface area contributed by atoms with Gasteiger partial charge in [-0.05, 0) is 56.8 Å². The molecule has 1 saturated carbocycles. The molecule has 146 valence electrons. The molecule has 0 radical (unpaired) electrons. The minimum atomic E-state index is -3.60. The minimum absolute atomic E-state index is 0. The first-order valence-corrected chi connectivity index (χ1v) is 10.6. The van der Waals surface area contributed by atoms with Crippen molar-refractivity contribution in [1.29, 1.82) is 0 Å². The van der Waals surface area contributed by atoms with Gasteiger partial charge in [-0.2, -0.15) is 0 Å². The van der Waals surface area contributed by atoms with Crippen LogP contribution in [0.5, 0.6) is 0 Å². The fourth-order valence-electron chi connectivity index (χ4n) is 3.61. The van der Waals surface area contributed by atoms with Gasteiger partial charge in [-0.3, -0.25) is 4.79 Å². The lowest BCUT2D eigenvalue weighted by molar-refractivity contribution is 0.0950. The van der Waals surface area contributed by atoms with Crippen molar-refractivity contribution in [1.82, 2.24) is 15.4 Å². The second-order valence-electron chi connectivity index (χ2n) is 7.09. The monoisotopic (exact) mass is 401 g/mol. The van der Waals surface area contributed by atoms with Crippen molar-refractivity contribution in [2.75, 3.05) is 13.1 Å². The van der Waals surface area contributed by atoms with Crippen LogP contribution in [0, 0.1) is 6.92 Å². The quantitative estimate of drug-likeness (QED) is 0.681. The zero-order chi connectivity index (χ0) is 17.9. The molecule has 0 aromatic heterocycles. The lowest BCUT2D eigenvalue weighted by atomic mass is 10.1.